The molecular weight excluding hydrogens is 384 g/mol. The van der Waals surface area contributed by atoms with E-state index in [-0.39, 0.29) is 5.91 Å². The molecule has 1 fully saturated rings. The van der Waals surface area contributed by atoms with Crippen LogP contribution in [-0.4, -0.2) is 70.5 Å². The molecule has 4 rings (SSSR count). The van der Waals surface area contributed by atoms with Crippen molar-refractivity contribution in [3.05, 3.63) is 48.9 Å². The van der Waals surface area contributed by atoms with Crippen LogP contribution in [0, 0.1) is 0 Å². The Bertz CT molecular complexity index is 1070. The number of anilines is 1. The summed E-state index contributed by atoms with van der Waals surface area (Å²) in [6.07, 6.45) is 5.00. The average molecular weight is 408 g/mol. The van der Waals surface area contributed by atoms with E-state index in [4.69, 9.17) is 9.47 Å². The van der Waals surface area contributed by atoms with Crippen LogP contribution in [0.15, 0.2) is 43.4 Å². The van der Waals surface area contributed by atoms with Gasteiger partial charge in [-0.2, -0.15) is 5.10 Å². The van der Waals surface area contributed by atoms with Gasteiger partial charge >= 0.3 is 0 Å². The van der Waals surface area contributed by atoms with Crippen molar-refractivity contribution in [1.29, 1.82) is 0 Å². The Morgan fingerprint density at radius 3 is 2.73 bits per heavy atom. The van der Waals surface area contributed by atoms with Crippen molar-refractivity contribution in [1.82, 2.24) is 24.6 Å². The number of amides is 1. The molecule has 2 aromatic heterocycles. The fraction of sp³-hybridized carbons (Fsp3) is 0.333. The summed E-state index contributed by atoms with van der Waals surface area (Å²) in [6, 6.07) is 5.24. The van der Waals surface area contributed by atoms with Crippen LogP contribution in [0.5, 0.6) is 11.5 Å². The highest BCUT2D eigenvalue weighted by Crippen LogP contribution is 2.29. The fourth-order valence-electron chi connectivity index (χ4n) is 3.57. The fourth-order valence-corrected chi connectivity index (χ4v) is 3.57. The van der Waals surface area contributed by atoms with Gasteiger partial charge in [0.15, 0.2) is 17.1 Å². The normalized spacial score (nSPS) is 14.1. The number of rotatable bonds is 6. The van der Waals surface area contributed by atoms with E-state index in [1.165, 1.54) is 0 Å². The maximum absolute atomic E-state index is 13.0. The smallest absolute Gasteiger partial charge is 0.254 e. The number of methoxy groups -OCH3 is 1. The van der Waals surface area contributed by atoms with Gasteiger partial charge in [0.25, 0.3) is 5.91 Å². The van der Waals surface area contributed by atoms with Gasteiger partial charge in [0.05, 0.1) is 18.7 Å². The van der Waals surface area contributed by atoms with E-state index in [0.717, 1.165) is 16.9 Å². The molecule has 1 aromatic carbocycles. The van der Waals surface area contributed by atoms with E-state index < -0.39 is 0 Å². The van der Waals surface area contributed by atoms with Crippen LogP contribution in [0.25, 0.3) is 11.0 Å². The lowest BCUT2D eigenvalue weighted by Gasteiger charge is -2.35. The lowest BCUT2D eigenvalue weighted by Crippen LogP contribution is -2.49. The summed E-state index contributed by atoms with van der Waals surface area (Å²) < 4.78 is 12.7. The number of aryl methyl sites for hydroxylation is 1. The van der Waals surface area contributed by atoms with Gasteiger partial charge in [-0.25, -0.2) is 9.97 Å². The number of aromatic nitrogens is 4. The minimum Gasteiger partial charge on any atom is -0.493 e. The van der Waals surface area contributed by atoms with E-state index in [0.29, 0.717) is 49.8 Å². The van der Waals surface area contributed by atoms with E-state index in [1.807, 2.05) is 11.9 Å². The van der Waals surface area contributed by atoms with Gasteiger partial charge in [-0.15, -0.1) is 0 Å². The molecule has 0 aliphatic carbocycles. The predicted octanol–water partition coefficient (Wildman–Crippen LogP) is 1.90. The average Bonchev–Trinajstić information content (AvgIpc) is 3.18. The number of hydrogen-bond donors (Lipinski definition) is 0. The van der Waals surface area contributed by atoms with Gasteiger partial charge in [0.1, 0.15) is 18.8 Å². The van der Waals surface area contributed by atoms with Gasteiger partial charge in [-0.3, -0.25) is 9.48 Å². The second-order valence-corrected chi connectivity index (χ2v) is 6.95. The van der Waals surface area contributed by atoms with Crippen LogP contribution in [0.4, 0.5) is 5.82 Å². The lowest BCUT2D eigenvalue weighted by atomic mass is 10.1. The van der Waals surface area contributed by atoms with Gasteiger partial charge < -0.3 is 19.3 Å². The highest BCUT2D eigenvalue weighted by atomic mass is 16.5. The number of piperazine rings is 1. The number of fused-ring (bicyclic) bond motifs is 1. The van der Waals surface area contributed by atoms with Crippen molar-refractivity contribution in [3.8, 4) is 11.5 Å². The van der Waals surface area contributed by atoms with Crippen molar-refractivity contribution in [2.75, 3.05) is 44.8 Å². The Morgan fingerprint density at radius 1 is 1.20 bits per heavy atom. The number of ether oxygens (including phenoxy) is 2. The van der Waals surface area contributed by atoms with Gasteiger partial charge in [-0.05, 0) is 18.2 Å². The third kappa shape index (κ3) is 3.66. The third-order valence-electron chi connectivity index (χ3n) is 5.14. The second-order valence-electron chi connectivity index (χ2n) is 6.95. The summed E-state index contributed by atoms with van der Waals surface area (Å²) in [6.45, 7) is 6.58. The number of carbonyl (C=O) groups is 1. The summed E-state index contributed by atoms with van der Waals surface area (Å²) in [4.78, 5) is 25.8. The molecule has 0 atom stereocenters. The van der Waals surface area contributed by atoms with Crippen LogP contribution < -0.4 is 14.4 Å². The summed E-state index contributed by atoms with van der Waals surface area (Å²) in [5.74, 6) is 1.94. The molecule has 0 radical (unpaired) electrons. The SMILES string of the molecule is C=CCOc1ccc(C(=O)N2CCN(c3ncnc4c3cnn4C)CC2)cc1OC. The zero-order valence-corrected chi connectivity index (χ0v) is 17.1. The molecule has 1 aliphatic rings. The predicted molar refractivity (Wildman–Crippen MR) is 113 cm³/mol. The first-order valence-electron chi connectivity index (χ1n) is 9.71. The van der Waals surface area contributed by atoms with E-state index in [1.54, 1.807) is 48.6 Å². The molecule has 30 heavy (non-hydrogen) atoms. The molecule has 0 bridgehead atoms. The quantitative estimate of drug-likeness (QED) is 0.576. The molecule has 3 heterocycles. The maximum atomic E-state index is 13.0. The van der Waals surface area contributed by atoms with E-state index in [2.05, 4.69) is 26.5 Å². The van der Waals surface area contributed by atoms with Crippen LogP contribution >= 0.6 is 0 Å². The van der Waals surface area contributed by atoms with Crippen LogP contribution in [0.3, 0.4) is 0 Å². The maximum Gasteiger partial charge on any atom is 0.254 e. The van der Waals surface area contributed by atoms with Crippen molar-refractivity contribution < 1.29 is 14.3 Å². The molecule has 0 spiro atoms. The largest absolute Gasteiger partial charge is 0.493 e. The Morgan fingerprint density at radius 2 is 2.00 bits per heavy atom. The first-order valence-corrected chi connectivity index (χ1v) is 9.71. The molecular formula is C21H24N6O3. The second kappa shape index (κ2) is 8.40. The molecule has 0 unspecified atom stereocenters. The highest BCUT2D eigenvalue weighted by Gasteiger charge is 2.25. The number of hydrogen-bond acceptors (Lipinski definition) is 7. The van der Waals surface area contributed by atoms with Crippen molar-refractivity contribution in [2.24, 2.45) is 7.05 Å². The zero-order valence-electron chi connectivity index (χ0n) is 17.1. The first-order chi connectivity index (χ1) is 14.6. The standard InChI is InChI=1S/C21H24N6O3/c1-4-11-30-17-6-5-15(12-18(17)29-3)21(28)27-9-7-26(8-10-27)20-16-13-24-25(2)19(16)22-14-23-20/h4-6,12-14H,1,7-11H2,2-3H3. The molecule has 0 saturated carbocycles. The van der Waals surface area contributed by atoms with E-state index in [9.17, 15) is 4.79 Å². The molecule has 3 aromatic rings. The van der Waals surface area contributed by atoms with Gasteiger partial charge in [0.2, 0.25) is 0 Å². The summed E-state index contributed by atoms with van der Waals surface area (Å²) >= 11 is 0. The Hall–Kier alpha value is -3.62. The Kier molecular flexibility index (Phi) is 5.51. The molecule has 0 N–H and O–H groups in total. The summed E-state index contributed by atoms with van der Waals surface area (Å²) in [7, 11) is 3.42. The van der Waals surface area contributed by atoms with Crippen LogP contribution in [0.1, 0.15) is 10.4 Å². The topological polar surface area (TPSA) is 85.6 Å². The van der Waals surface area contributed by atoms with Gasteiger partial charge in [-0.1, -0.05) is 12.7 Å². The molecule has 1 amide bonds. The van der Waals surface area contributed by atoms with Crippen LogP contribution in [-0.2, 0) is 7.05 Å². The van der Waals surface area contributed by atoms with Gasteiger partial charge in [0, 0.05) is 38.8 Å². The molecule has 1 saturated heterocycles. The Balaban J connectivity index is 1.46. The number of benzene rings is 1. The highest BCUT2D eigenvalue weighted by molar-refractivity contribution is 5.95. The number of nitrogens with zero attached hydrogens (tertiary/aromatic N) is 6. The lowest BCUT2D eigenvalue weighted by molar-refractivity contribution is 0.0746. The van der Waals surface area contributed by atoms with Crippen molar-refractivity contribution >= 4 is 22.8 Å². The van der Waals surface area contributed by atoms with Crippen molar-refractivity contribution in [2.45, 2.75) is 0 Å². The first kappa shape index (κ1) is 19.7. The number of carbonyl (C=O) groups excluding carboxylic acids is 1. The van der Waals surface area contributed by atoms with Crippen LogP contribution in [0.2, 0.25) is 0 Å². The molecule has 1 aliphatic heterocycles. The summed E-state index contributed by atoms with van der Waals surface area (Å²) in [5, 5.41) is 5.19. The minimum absolute atomic E-state index is 0.0302. The minimum atomic E-state index is -0.0302. The molecule has 9 nitrogen and oxygen atoms in total. The Labute approximate surface area is 174 Å². The van der Waals surface area contributed by atoms with Crippen molar-refractivity contribution in [3.63, 3.8) is 0 Å². The van der Waals surface area contributed by atoms with E-state index >= 15 is 0 Å². The summed E-state index contributed by atoms with van der Waals surface area (Å²) in [5.41, 5.74) is 1.37. The molecule has 9 heteroatoms. The molecule has 156 valence electrons. The monoisotopic (exact) mass is 408 g/mol. The zero-order chi connectivity index (χ0) is 21.1. The third-order valence-corrected chi connectivity index (χ3v) is 5.14.